The van der Waals surface area contributed by atoms with Crippen molar-refractivity contribution in [2.75, 3.05) is 14.2 Å². The summed E-state index contributed by atoms with van der Waals surface area (Å²) in [7, 11) is 3.51. The predicted molar refractivity (Wildman–Crippen MR) is 43.8 cm³/mol. The number of hydrogen-bond acceptors (Lipinski definition) is 2. The van der Waals surface area contributed by atoms with Gasteiger partial charge >= 0.3 is 0 Å². The van der Waals surface area contributed by atoms with Gasteiger partial charge < -0.3 is 10.1 Å². The van der Waals surface area contributed by atoms with Crippen molar-refractivity contribution in [2.24, 2.45) is 0 Å². The second kappa shape index (κ2) is 5.06. The fourth-order valence-corrected chi connectivity index (χ4v) is 0.608. The smallest absolute Gasteiger partial charge is 0.0803 e. The van der Waals surface area contributed by atoms with Gasteiger partial charge in [-0.3, -0.25) is 0 Å². The minimum atomic E-state index is 0.0833. The Balaban J connectivity index is 3.62. The number of ether oxygens (including phenoxy) is 1. The molecule has 0 aromatic carbocycles. The first-order valence-electron chi connectivity index (χ1n) is 3.25. The summed E-state index contributed by atoms with van der Waals surface area (Å²) in [6.45, 7) is 7.40. The van der Waals surface area contributed by atoms with Crippen LogP contribution < -0.4 is 5.32 Å². The van der Waals surface area contributed by atoms with E-state index < -0.39 is 0 Å². The average Bonchev–Trinajstić information content (AvgIpc) is 1.99. The Bertz CT molecular complexity index is 120. The Morgan fingerprint density at radius 3 is 2.70 bits per heavy atom. The maximum Gasteiger partial charge on any atom is 0.0803 e. The lowest BCUT2D eigenvalue weighted by atomic mass is 10.2. The minimum Gasteiger partial charge on any atom is -0.392 e. The van der Waals surface area contributed by atoms with Gasteiger partial charge in [0.15, 0.2) is 0 Å². The highest BCUT2D eigenvalue weighted by Gasteiger charge is 2.01. The molecule has 0 rings (SSSR count). The van der Waals surface area contributed by atoms with E-state index in [2.05, 4.69) is 18.5 Å². The van der Waals surface area contributed by atoms with E-state index in [1.54, 1.807) is 13.2 Å². The molecule has 0 saturated heterocycles. The molecule has 58 valence electrons. The van der Waals surface area contributed by atoms with Gasteiger partial charge in [-0.1, -0.05) is 12.7 Å². The molecule has 0 saturated carbocycles. The SMILES string of the molecule is C=CC(CC(=C)NC)OC. The van der Waals surface area contributed by atoms with Crippen molar-refractivity contribution in [1.29, 1.82) is 0 Å². The molecule has 2 heteroatoms. The number of rotatable bonds is 5. The fourth-order valence-electron chi connectivity index (χ4n) is 0.608. The molecular weight excluding hydrogens is 126 g/mol. The molecule has 0 aliphatic heterocycles. The van der Waals surface area contributed by atoms with Crippen LogP contribution in [-0.2, 0) is 4.74 Å². The van der Waals surface area contributed by atoms with E-state index in [1.165, 1.54) is 0 Å². The maximum atomic E-state index is 5.05. The third-order valence-corrected chi connectivity index (χ3v) is 1.37. The molecule has 1 unspecified atom stereocenters. The molecule has 0 spiro atoms. The van der Waals surface area contributed by atoms with Crippen LogP contribution in [0.15, 0.2) is 24.9 Å². The molecule has 10 heavy (non-hydrogen) atoms. The largest absolute Gasteiger partial charge is 0.392 e. The summed E-state index contributed by atoms with van der Waals surface area (Å²) in [6.07, 6.45) is 2.64. The monoisotopic (exact) mass is 141 g/mol. The quantitative estimate of drug-likeness (QED) is 0.583. The van der Waals surface area contributed by atoms with Gasteiger partial charge in [0.1, 0.15) is 0 Å². The van der Waals surface area contributed by atoms with E-state index in [0.717, 1.165) is 12.1 Å². The fraction of sp³-hybridized carbons (Fsp3) is 0.500. The van der Waals surface area contributed by atoms with Crippen molar-refractivity contribution < 1.29 is 4.74 Å². The summed E-state index contributed by atoms with van der Waals surface area (Å²) in [5.41, 5.74) is 0.965. The Labute approximate surface area is 62.6 Å². The molecule has 0 aliphatic rings. The van der Waals surface area contributed by atoms with Gasteiger partial charge in [-0.25, -0.2) is 0 Å². The van der Waals surface area contributed by atoms with Crippen LogP contribution in [-0.4, -0.2) is 20.3 Å². The molecule has 0 heterocycles. The van der Waals surface area contributed by atoms with Crippen molar-refractivity contribution in [3.8, 4) is 0 Å². The summed E-state index contributed by atoms with van der Waals surface area (Å²) in [5.74, 6) is 0. The summed E-state index contributed by atoms with van der Waals surface area (Å²) in [4.78, 5) is 0. The lowest BCUT2D eigenvalue weighted by Crippen LogP contribution is -2.13. The second-order valence-electron chi connectivity index (χ2n) is 2.07. The molecular formula is C8H15NO. The van der Waals surface area contributed by atoms with Gasteiger partial charge in [-0.15, -0.1) is 6.58 Å². The van der Waals surface area contributed by atoms with E-state index in [4.69, 9.17) is 4.74 Å². The first kappa shape index (κ1) is 9.24. The number of hydrogen-bond donors (Lipinski definition) is 1. The molecule has 0 fully saturated rings. The van der Waals surface area contributed by atoms with Gasteiger partial charge in [0.2, 0.25) is 0 Å². The van der Waals surface area contributed by atoms with Crippen LogP contribution in [0.1, 0.15) is 6.42 Å². The van der Waals surface area contributed by atoms with E-state index in [9.17, 15) is 0 Å². The van der Waals surface area contributed by atoms with Crippen molar-refractivity contribution in [3.63, 3.8) is 0 Å². The lowest BCUT2D eigenvalue weighted by Gasteiger charge is -2.11. The summed E-state index contributed by atoms with van der Waals surface area (Å²) >= 11 is 0. The highest BCUT2D eigenvalue weighted by atomic mass is 16.5. The standard InChI is InChI=1S/C8H15NO/c1-5-8(10-4)6-7(2)9-3/h5,8-9H,1-2,6H2,3-4H3. The van der Waals surface area contributed by atoms with Gasteiger partial charge in [0.25, 0.3) is 0 Å². The van der Waals surface area contributed by atoms with E-state index >= 15 is 0 Å². The summed E-state index contributed by atoms with van der Waals surface area (Å²) < 4.78 is 5.05. The zero-order valence-corrected chi connectivity index (χ0v) is 6.68. The molecule has 0 radical (unpaired) electrons. The van der Waals surface area contributed by atoms with Gasteiger partial charge in [0.05, 0.1) is 6.10 Å². The van der Waals surface area contributed by atoms with Crippen LogP contribution in [0.4, 0.5) is 0 Å². The van der Waals surface area contributed by atoms with Gasteiger partial charge in [0, 0.05) is 26.3 Å². The molecule has 0 aromatic rings. The normalized spacial score (nSPS) is 12.2. The van der Waals surface area contributed by atoms with Crippen LogP contribution in [0, 0.1) is 0 Å². The van der Waals surface area contributed by atoms with Crippen LogP contribution >= 0.6 is 0 Å². The van der Waals surface area contributed by atoms with Crippen molar-refractivity contribution in [1.82, 2.24) is 5.32 Å². The number of methoxy groups -OCH3 is 1. The molecule has 1 N–H and O–H groups in total. The molecule has 1 atom stereocenters. The van der Waals surface area contributed by atoms with Crippen LogP contribution in [0.2, 0.25) is 0 Å². The van der Waals surface area contributed by atoms with Crippen LogP contribution in [0.3, 0.4) is 0 Å². The molecule has 2 nitrogen and oxygen atoms in total. The Morgan fingerprint density at radius 1 is 1.80 bits per heavy atom. The first-order chi connectivity index (χ1) is 4.74. The Kier molecular flexibility index (Phi) is 4.67. The van der Waals surface area contributed by atoms with Gasteiger partial charge in [-0.05, 0) is 0 Å². The lowest BCUT2D eigenvalue weighted by molar-refractivity contribution is 0.140. The predicted octanol–water partition coefficient (Wildman–Crippen LogP) is 1.31. The first-order valence-corrected chi connectivity index (χ1v) is 3.25. The maximum absolute atomic E-state index is 5.05. The number of nitrogens with one attached hydrogen (secondary N) is 1. The minimum absolute atomic E-state index is 0.0833. The van der Waals surface area contributed by atoms with Crippen molar-refractivity contribution in [2.45, 2.75) is 12.5 Å². The Hall–Kier alpha value is -0.760. The van der Waals surface area contributed by atoms with Crippen molar-refractivity contribution in [3.05, 3.63) is 24.9 Å². The third-order valence-electron chi connectivity index (χ3n) is 1.37. The van der Waals surface area contributed by atoms with E-state index in [0.29, 0.717) is 0 Å². The highest BCUT2D eigenvalue weighted by molar-refractivity contribution is 4.96. The van der Waals surface area contributed by atoms with E-state index in [1.807, 2.05) is 7.05 Å². The summed E-state index contributed by atoms with van der Waals surface area (Å²) in [6, 6.07) is 0. The van der Waals surface area contributed by atoms with Crippen LogP contribution in [0.5, 0.6) is 0 Å². The molecule has 0 bridgehead atoms. The highest BCUT2D eigenvalue weighted by Crippen LogP contribution is 2.02. The van der Waals surface area contributed by atoms with Crippen LogP contribution in [0.25, 0.3) is 0 Å². The summed E-state index contributed by atoms with van der Waals surface area (Å²) in [5, 5.41) is 2.94. The van der Waals surface area contributed by atoms with E-state index in [-0.39, 0.29) is 6.10 Å². The second-order valence-corrected chi connectivity index (χ2v) is 2.07. The molecule has 0 amide bonds. The zero-order chi connectivity index (χ0) is 7.98. The molecule has 0 aliphatic carbocycles. The van der Waals surface area contributed by atoms with Crippen molar-refractivity contribution >= 4 is 0 Å². The van der Waals surface area contributed by atoms with Gasteiger partial charge in [-0.2, -0.15) is 0 Å². The average molecular weight is 141 g/mol. The topological polar surface area (TPSA) is 21.3 Å². The Morgan fingerprint density at radius 2 is 2.40 bits per heavy atom. The third kappa shape index (κ3) is 3.30. The zero-order valence-electron chi connectivity index (χ0n) is 6.68. The molecule has 0 aromatic heterocycles.